The molecular weight excluding hydrogens is 347 g/mol. The average Bonchev–Trinajstić information content (AvgIpc) is 2.98. The van der Waals surface area contributed by atoms with E-state index in [-0.39, 0.29) is 5.91 Å². The topological polar surface area (TPSA) is 55.1 Å². The molecule has 2 aromatic carbocycles. The molecule has 6 heteroatoms. The highest BCUT2D eigenvalue weighted by Crippen LogP contribution is 2.25. The van der Waals surface area contributed by atoms with E-state index in [1.165, 1.54) is 0 Å². The van der Waals surface area contributed by atoms with E-state index in [0.717, 1.165) is 11.1 Å². The van der Waals surface area contributed by atoms with Crippen molar-refractivity contribution in [2.24, 2.45) is 0 Å². The van der Waals surface area contributed by atoms with Gasteiger partial charge in [-0.3, -0.25) is 4.79 Å². The van der Waals surface area contributed by atoms with Gasteiger partial charge in [-0.25, -0.2) is 0 Å². The third-order valence-corrected chi connectivity index (χ3v) is 4.31. The number of carbonyl (C=O) groups is 1. The maximum Gasteiger partial charge on any atom is 0.257 e. The minimum absolute atomic E-state index is 0.251. The molecule has 3 aromatic rings. The molecule has 122 valence electrons. The quantitative estimate of drug-likeness (QED) is 0.720. The van der Waals surface area contributed by atoms with E-state index in [1.807, 2.05) is 36.4 Å². The van der Waals surface area contributed by atoms with E-state index >= 15 is 0 Å². The van der Waals surface area contributed by atoms with Crippen LogP contribution in [-0.2, 0) is 6.54 Å². The van der Waals surface area contributed by atoms with Gasteiger partial charge in [0.15, 0.2) is 0 Å². The van der Waals surface area contributed by atoms with Crippen molar-refractivity contribution in [3.63, 3.8) is 0 Å². The van der Waals surface area contributed by atoms with Crippen LogP contribution in [0.3, 0.4) is 0 Å². The summed E-state index contributed by atoms with van der Waals surface area (Å²) in [7, 11) is 0. The van der Waals surface area contributed by atoms with Crippen molar-refractivity contribution in [1.29, 1.82) is 0 Å². The standard InChI is InChI=1S/C18H14Cl2N2O2/c1-11-16(17(22-24-11)13-5-3-2-4-6-13)18(23)21-10-12-7-8-14(19)15(20)9-12/h2-9H,10H2,1H3,(H,21,23). The van der Waals surface area contributed by atoms with Gasteiger partial charge in [0.25, 0.3) is 5.91 Å². The number of aromatic nitrogens is 1. The second-order valence-corrected chi connectivity index (χ2v) is 6.07. The van der Waals surface area contributed by atoms with Crippen molar-refractivity contribution in [1.82, 2.24) is 10.5 Å². The average molecular weight is 361 g/mol. The molecule has 0 bridgehead atoms. The van der Waals surface area contributed by atoms with Gasteiger partial charge in [-0.1, -0.05) is 64.8 Å². The van der Waals surface area contributed by atoms with Crippen LogP contribution in [0.2, 0.25) is 10.0 Å². The Morgan fingerprint density at radius 3 is 2.58 bits per heavy atom. The molecule has 0 aliphatic rings. The summed E-state index contributed by atoms with van der Waals surface area (Å²) in [6.45, 7) is 2.04. The SMILES string of the molecule is Cc1onc(-c2ccccc2)c1C(=O)NCc1ccc(Cl)c(Cl)c1. The Bertz CT molecular complexity index is 876. The van der Waals surface area contributed by atoms with Gasteiger partial charge in [0, 0.05) is 12.1 Å². The van der Waals surface area contributed by atoms with E-state index in [4.69, 9.17) is 27.7 Å². The molecule has 4 nitrogen and oxygen atoms in total. The fourth-order valence-electron chi connectivity index (χ4n) is 2.35. The van der Waals surface area contributed by atoms with Gasteiger partial charge < -0.3 is 9.84 Å². The molecule has 0 atom stereocenters. The molecule has 0 spiro atoms. The molecule has 0 aliphatic carbocycles. The Kier molecular flexibility index (Phi) is 4.88. The van der Waals surface area contributed by atoms with Crippen LogP contribution >= 0.6 is 23.2 Å². The number of aryl methyl sites for hydroxylation is 1. The lowest BCUT2D eigenvalue weighted by Gasteiger charge is -2.07. The van der Waals surface area contributed by atoms with E-state index in [1.54, 1.807) is 19.1 Å². The molecule has 24 heavy (non-hydrogen) atoms. The molecule has 1 amide bonds. The van der Waals surface area contributed by atoms with E-state index in [0.29, 0.717) is 33.6 Å². The molecule has 0 radical (unpaired) electrons. The highest BCUT2D eigenvalue weighted by Gasteiger charge is 2.21. The monoisotopic (exact) mass is 360 g/mol. The summed E-state index contributed by atoms with van der Waals surface area (Å²) in [4.78, 5) is 12.6. The minimum atomic E-state index is -0.251. The maximum atomic E-state index is 12.6. The van der Waals surface area contributed by atoms with Crippen molar-refractivity contribution in [3.05, 3.63) is 75.5 Å². The Labute approximate surface area is 149 Å². The fraction of sp³-hybridized carbons (Fsp3) is 0.111. The third kappa shape index (κ3) is 3.45. The van der Waals surface area contributed by atoms with E-state index in [9.17, 15) is 4.79 Å². The Balaban J connectivity index is 1.80. The predicted molar refractivity (Wildman–Crippen MR) is 94.3 cm³/mol. The molecule has 0 aliphatic heterocycles. The second-order valence-electron chi connectivity index (χ2n) is 5.26. The summed E-state index contributed by atoms with van der Waals surface area (Å²) in [5.41, 5.74) is 2.64. The molecule has 0 unspecified atom stereocenters. The Morgan fingerprint density at radius 1 is 1.12 bits per heavy atom. The van der Waals surface area contributed by atoms with Crippen molar-refractivity contribution in [2.75, 3.05) is 0 Å². The summed E-state index contributed by atoms with van der Waals surface area (Å²) < 4.78 is 5.21. The molecule has 1 N–H and O–H groups in total. The molecule has 1 aromatic heterocycles. The Hall–Kier alpha value is -2.30. The molecule has 3 rings (SSSR count). The number of halogens is 2. The van der Waals surface area contributed by atoms with Gasteiger partial charge in [0.2, 0.25) is 0 Å². The van der Waals surface area contributed by atoms with Crippen LogP contribution in [0.1, 0.15) is 21.7 Å². The minimum Gasteiger partial charge on any atom is -0.360 e. The number of hydrogen-bond acceptors (Lipinski definition) is 3. The molecule has 0 fully saturated rings. The van der Waals surface area contributed by atoms with Crippen LogP contribution in [0.4, 0.5) is 0 Å². The van der Waals surface area contributed by atoms with Gasteiger partial charge in [0.1, 0.15) is 17.0 Å². The zero-order valence-electron chi connectivity index (χ0n) is 12.8. The first kappa shape index (κ1) is 16.6. The van der Waals surface area contributed by atoms with Gasteiger partial charge in [-0.2, -0.15) is 0 Å². The first-order valence-electron chi connectivity index (χ1n) is 7.30. The molecule has 0 saturated carbocycles. The zero-order chi connectivity index (χ0) is 17.1. The summed E-state index contributed by atoms with van der Waals surface area (Å²) in [6, 6.07) is 14.7. The number of carbonyl (C=O) groups excluding carboxylic acids is 1. The normalized spacial score (nSPS) is 10.6. The third-order valence-electron chi connectivity index (χ3n) is 3.57. The fourth-order valence-corrected chi connectivity index (χ4v) is 2.67. The summed E-state index contributed by atoms with van der Waals surface area (Å²) >= 11 is 11.9. The molecule has 0 saturated heterocycles. The second kappa shape index (κ2) is 7.07. The van der Waals surface area contributed by atoms with Crippen molar-refractivity contribution in [2.45, 2.75) is 13.5 Å². The summed E-state index contributed by atoms with van der Waals surface area (Å²) in [5, 5.41) is 7.80. The van der Waals surface area contributed by atoms with Crippen LogP contribution in [0, 0.1) is 6.92 Å². The molecule has 1 heterocycles. The zero-order valence-corrected chi connectivity index (χ0v) is 14.4. The van der Waals surface area contributed by atoms with Gasteiger partial charge >= 0.3 is 0 Å². The van der Waals surface area contributed by atoms with Crippen molar-refractivity contribution < 1.29 is 9.32 Å². The van der Waals surface area contributed by atoms with Crippen LogP contribution in [-0.4, -0.2) is 11.1 Å². The maximum absolute atomic E-state index is 12.6. The van der Waals surface area contributed by atoms with Crippen molar-refractivity contribution in [3.8, 4) is 11.3 Å². The smallest absolute Gasteiger partial charge is 0.257 e. The highest BCUT2D eigenvalue weighted by molar-refractivity contribution is 6.42. The number of benzene rings is 2. The van der Waals surface area contributed by atoms with Crippen LogP contribution < -0.4 is 5.32 Å². The van der Waals surface area contributed by atoms with Gasteiger partial charge in [-0.05, 0) is 24.6 Å². The lowest BCUT2D eigenvalue weighted by atomic mass is 10.1. The number of amides is 1. The molecular formula is C18H14Cl2N2O2. The van der Waals surface area contributed by atoms with Crippen LogP contribution in [0.5, 0.6) is 0 Å². The van der Waals surface area contributed by atoms with Crippen LogP contribution in [0.25, 0.3) is 11.3 Å². The van der Waals surface area contributed by atoms with Crippen LogP contribution in [0.15, 0.2) is 53.1 Å². The highest BCUT2D eigenvalue weighted by atomic mass is 35.5. The number of nitrogens with zero attached hydrogens (tertiary/aromatic N) is 1. The Morgan fingerprint density at radius 2 is 1.88 bits per heavy atom. The van der Waals surface area contributed by atoms with Crippen molar-refractivity contribution >= 4 is 29.1 Å². The number of hydrogen-bond donors (Lipinski definition) is 1. The number of nitrogens with one attached hydrogen (secondary N) is 1. The summed E-state index contributed by atoms with van der Waals surface area (Å²) in [5.74, 6) is 0.221. The largest absolute Gasteiger partial charge is 0.360 e. The van der Waals surface area contributed by atoms with Gasteiger partial charge in [-0.15, -0.1) is 0 Å². The first-order chi connectivity index (χ1) is 11.6. The number of rotatable bonds is 4. The van der Waals surface area contributed by atoms with E-state index in [2.05, 4.69) is 10.5 Å². The lowest BCUT2D eigenvalue weighted by Crippen LogP contribution is -2.23. The first-order valence-corrected chi connectivity index (χ1v) is 8.05. The predicted octanol–water partition coefficient (Wildman–Crippen LogP) is 4.89. The van der Waals surface area contributed by atoms with Gasteiger partial charge in [0.05, 0.1) is 10.0 Å². The summed E-state index contributed by atoms with van der Waals surface area (Å²) in [6.07, 6.45) is 0. The van der Waals surface area contributed by atoms with E-state index < -0.39 is 0 Å². The lowest BCUT2D eigenvalue weighted by molar-refractivity contribution is 0.0950.